The van der Waals surface area contributed by atoms with Crippen molar-refractivity contribution < 1.29 is 18.7 Å². The van der Waals surface area contributed by atoms with Crippen LogP contribution in [0.1, 0.15) is 33.5 Å². The molecule has 0 aromatic carbocycles. The molecule has 3 heterocycles. The van der Waals surface area contributed by atoms with E-state index < -0.39 is 11.5 Å². The maximum Gasteiger partial charge on any atom is 0.342 e. The number of likely N-dealkylation sites (N-methyl/N-ethyl adjacent to an activating group) is 1. The summed E-state index contributed by atoms with van der Waals surface area (Å²) in [7, 11) is 1.69. The van der Waals surface area contributed by atoms with E-state index in [1.807, 2.05) is 18.4 Å². The number of amides is 1. The molecule has 0 aliphatic carbocycles. The molecule has 0 fully saturated rings. The van der Waals surface area contributed by atoms with Gasteiger partial charge in [-0.1, -0.05) is 0 Å². The van der Waals surface area contributed by atoms with Crippen LogP contribution in [-0.4, -0.2) is 40.0 Å². The zero-order valence-corrected chi connectivity index (χ0v) is 17.0. The summed E-state index contributed by atoms with van der Waals surface area (Å²) in [6, 6.07) is 2.00. The summed E-state index contributed by atoms with van der Waals surface area (Å²) in [6.07, 6.45) is 1.25. The van der Waals surface area contributed by atoms with Crippen molar-refractivity contribution in [2.75, 3.05) is 13.7 Å². The molecule has 0 atom stereocenters. The Morgan fingerprint density at radius 1 is 1.36 bits per heavy atom. The van der Waals surface area contributed by atoms with Crippen molar-refractivity contribution in [3.63, 3.8) is 0 Å². The molecule has 0 N–H and O–H groups in total. The molecule has 0 saturated heterocycles. The van der Waals surface area contributed by atoms with Gasteiger partial charge in [-0.15, -0.1) is 11.3 Å². The van der Waals surface area contributed by atoms with Crippen molar-refractivity contribution in [2.24, 2.45) is 0 Å². The van der Waals surface area contributed by atoms with E-state index in [9.17, 15) is 14.4 Å². The van der Waals surface area contributed by atoms with Gasteiger partial charge in [-0.25, -0.2) is 9.78 Å². The van der Waals surface area contributed by atoms with Crippen LogP contribution in [0.4, 0.5) is 0 Å². The number of furan rings is 1. The number of carbonyl (C=O) groups excluding carboxylic acids is 2. The first-order valence-electron chi connectivity index (χ1n) is 8.76. The standard InChI is InChI=1S/C19H21N3O5S/c1-5-26-19(25)15-12(3)27-17-16(15)18(24)22(10-20-17)9-14(23)21(4)8-13-11(2)6-7-28-13/h6-7,10H,5,8-9H2,1-4H3. The Kier molecular flexibility index (Phi) is 5.64. The molecule has 28 heavy (non-hydrogen) atoms. The number of nitrogens with zero attached hydrogens (tertiary/aromatic N) is 3. The molecule has 0 aliphatic heterocycles. The van der Waals surface area contributed by atoms with E-state index in [-0.39, 0.29) is 41.5 Å². The SMILES string of the molecule is CCOC(=O)c1c(C)oc2ncn(CC(=O)N(C)Cc3sccc3C)c(=O)c12. The second kappa shape index (κ2) is 7.97. The Morgan fingerprint density at radius 2 is 2.11 bits per heavy atom. The van der Waals surface area contributed by atoms with Gasteiger partial charge in [-0.05, 0) is 37.8 Å². The van der Waals surface area contributed by atoms with Crippen LogP contribution in [0, 0.1) is 13.8 Å². The van der Waals surface area contributed by atoms with Gasteiger partial charge in [0.05, 0.1) is 13.2 Å². The molecule has 0 saturated carbocycles. The number of fused-ring (bicyclic) bond motifs is 1. The molecule has 3 aromatic rings. The van der Waals surface area contributed by atoms with Crippen molar-refractivity contribution in [1.29, 1.82) is 0 Å². The molecule has 0 unspecified atom stereocenters. The molecule has 3 rings (SSSR count). The molecule has 0 aliphatic rings. The van der Waals surface area contributed by atoms with Crippen LogP contribution in [0.5, 0.6) is 0 Å². The summed E-state index contributed by atoms with van der Waals surface area (Å²) in [4.78, 5) is 44.4. The molecule has 9 heteroatoms. The zero-order chi connectivity index (χ0) is 20.4. The normalized spacial score (nSPS) is 11.0. The van der Waals surface area contributed by atoms with Gasteiger partial charge in [0.2, 0.25) is 11.6 Å². The average Bonchev–Trinajstić information content (AvgIpc) is 3.20. The number of carbonyl (C=O) groups is 2. The fraction of sp³-hybridized carbons (Fsp3) is 0.368. The Labute approximate surface area is 165 Å². The Bertz CT molecular complexity index is 1090. The molecule has 0 bridgehead atoms. The molecule has 8 nitrogen and oxygen atoms in total. The number of esters is 1. The molecule has 1 amide bonds. The number of aromatic nitrogens is 2. The summed E-state index contributed by atoms with van der Waals surface area (Å²) < 4.78 is 11.6. The average molecular weight is 403 g/mol. The zero-order valence-electron chi connectivity index (χ0n) is 16.1. The summed E-state index contributed by atoms with van der Waals surface area (Å²) in [6.45, 7) is 5.69. The highest BCUT2D eigenvalue weighted by atomic mass is 32.1. The molecule has 0 radical (unpaired) electrons. The Morgan fingerprint density at radius 3 is 2.75 bits per heavy atom. The van der Waals surface area contributed by atoms with Crippen molar-refractivity contribution in [2.45, 2.75) is 33.9 Å². The fourth-order valence-corrected chi connectivity index (χ4v) is 3.79. The van der Waals surface area contributed by atoms with Gasteiger partial charge in [-0.2, -0.15) is 0 Å². The third-order valence-electron chi connectivity index (χ3n) is 4.41. The fourth-order valence-electron chi connectivity index (χ4n) is 2.84. The van der Waals surface area contributed by atoms with E-state index >= 15 is 0 Å². The minimum absolute atomic E-state index is 0.0306. The lowest BCUT2D eigenvalue weighted by Gasteiger charge is -2.17. The first kappa shape index (κ1) is 19.8. The van der Waals surface area contributed by atoms with E-state index in [2.05, 4.69) is 4.98 Å². The smallest absolute Gasteiger partial charge is 0.342 e. The summed E-state index contributed by atoms with van der Waals surface area (Å²) in [5.74, 6) is -0.631. The largest absolute Gasteiger partial charge is 0.462 e. The van der Waals surface area contributed by atoms with Gasteiger partial charge in [0, 0.05) is 11.9 Å². The lowest BCUT2D eigenvalue weighted by Crippen LogP contribution is -2.33. The maximum absolute atomic E-state index is 12.9. The van der Waals surface area contributed by atoms with Crippen LogP contribution in [-0.2, 0) is 22.6 Å². The first-order chi connectivity index (χ1) is 13.3. The van der Waals surface area contributed by atoms with Crippen LogP contribution >= 0.6 is 11.3 Å². The highest BCUT2D eigenvalue weighted by Gasteiger charge is 2.24. The summed E-state index contributed by atoms with van der Waals surface area (Å²) in [5, 5.41) is 2.01. The van der Waals surface area contributed by atoms with Crippen molar-refractivity contribution in [3.05, 3.63) is 49.9 Å². The topological polar surface area (TPSA) is 94.6 Å². The lowest BCUT2D eigenvalue weighted by molar-refractivity contribution is -0.131. The van der Waals surface area contributed by atoms with Gasteiger partial charge < -0.3 is 14.1 Å². The predicted molar refractivity (Wildman–Crippen MR) is 104 cm³/mol. The van der Waals surface area contributed by atoms with Crippen molar-refractivity contribution in [1.82, 2.24) is 14.5 Å². The monoisotopic (exact) mass is 403 g/mol. The number of hydrogen-bond donors (Lipinski definition) is 0. The highest BCUT2D eigenvalue weighted by molar-refractivity contribution is 7.10. The molecule has 3 aromatic heterocycles. The van der Waals surface area contributed by atoms with Crippen LogP contribution in [0.2, 0.25) is 0 Å². The molecule has 0 spiro atoms. The van der Waals surface area contributed by atoms with Crippen LogP contribution in [0.25, 0.3) is 11.1 Å². The predicted octanol–water partition coefficient (Wildman–Crippen LogP) is 2.50. The number of aryl methyl sites for hydroxylation is 2. The number of thiophene rings is 1. The highest BCUT2D eigenvalue weighted by Crippen LogP contribution is 2.22. The molecular weight excluding hydrogens is 382 g/mol. The lowest BCUT2D eigenvalue weighted by atomic mass is 10.2. The summed E-state index contributed by atoms with van der Waals surface area (Å²) in [5.41, 5.74) is 0.715. The number of rotatable bonds is 6. The van der Waals surface area contributed by atoms with E-state index in [0.29, 0.717) is 6.54 Å². The van der Waals surface area contributed by atoms with Gasteiger partial charge in [-0.3, -0.25) is 14.2 Å². The summed E-state index contributed by atoms with van der Waals surface area (Å²) >= 11 is 1.58. The second-order valence-corrected chi connectivity index (χ2v) is 7.39. The third kappa shape index (κ3) is 3.70. The maximum atomic E-state index is 12.9. The quantitative estimate of drug-likeness (QED) is 0.587. The molecular formula is C19H21N3O5S. The van der Waals surface area contributed by atoms with Crippen molar-refractivity contribution >= 4 is 34.3 Å². The van der Waals surface area contributed by atoms with Gasteiger partial charge in [0.25, 0.3) is 5.56 Å². The van der Waals surface area contributed by atoms with E-state index in [0.717, 1.165) is 10.4 Å². The van der Waals surface area contributed by atoms with Gasteiger partial charge in [0.1, 0.15) is 29.6 Å². The van der Waals surface area contributed by atoms with Gasteiger partial charge >= 0.3 is 5.97 Å². The first-order valence-corrected chi connectivity index (χ1v) is 9.64. The molecule has 148 valence electrons. The van der Waals surface area contributed by atoms with Crippen LogP contribution in [0.15, 0.2) is 27.0 Å². The number of ether oxygens (including phenoxy) is 1. The second-order valence-electron chi connectivity index (χ2n) is 6.39. The van der Waals surface area contributed by atoms with Crippen LogP contribution < -0.4 is 5.56 Å². The Balaban J connectivity index is 1.89. The van der Waals surface area contributed by atoms with Crippen molar-refractivity contribution in [3.8, 4) is 0 Å². The van der Waals surface area contributed by atoms with Gasteiger partial charge in [0.15, 0.2) is 0 Å². The van der Waals surface area contributed by atoms with Crippen LogP contribution in [0.3, 0.4) is 0 Å². The third-order valence-corrected chi connectivity index (χ3v) is 5.42. The number of hydrogen-bond acceptors (Lipinski definition) is 7. The van der Waals surface area contributed by atoms with E-state index in [4.69, 9.17) is 9.15 Å². The minimum atomic E-state index is -0.646. The Hall–Kier alpha value is -2.94. The van der Waals surface area contributed by atoms with E-state index in [1.54, 1.807) is 37.1 Å². The van der Waals surface area contributed by atoms with E-state index in [1.165, 1.54) is 10.9 Å². The minimum Gasteiger partial charge on any atom is -0.462 e.